The van der Waals surface area contributed by atoms with E-state index in [4.69, 9.17) is 9.47 Å². The minimum absolute atomic E-state index is 0.00389. The Kier molecular flexibility index (Phi) is 5.69. The SMILES string of the molecule is COc1ccc(CC(=O)N2CCN(C(=O)c3cc[nH]c3)CC2)c(OC)c1C. The lowest BCUT2D eigenvalue weighted by Gasteiger charge is -2.34. The van der Waals surface area contributed by atoms with Crippen molar-refractivity contribution in [1.82, 2.24) is 14.8 Å². The van der Waals surface area contributed by atoms with E-state index >= 15 is 0 Å². The van der Waals surface area contributed by atoms with Gasteiger partial charge in [0, 0.05) is 49.7 Å². The van der Waals surface area contributed by atoms with Gasteiger partial charge in [0.2, 0.25) is 5.91 Å². The third kappa shape index (κ3) is 3.92. The zero-order valence-electron chi connectivity index (χ0n) is 15.9. The van der Waals surface area contributed by atoms with Crippen LogP contribution in [-0.4, -0.2) is 67.0 Å². The minimum Gasteiger partial charge on any atom is -0.496 e. The Hall–Kier alpha value is -2.96. The van der Waals surface area contributed by atoms with E-state index in [-0.39, 0.29) is 18.2 Å². The van der Waals surface area contributed by atoms with E-state index < -0.39 is 0 Å². The van der Waals surface area contributed by atoms with E-state index in [0.717, 1.165) is 16.9 Å². The fourth-order valence-electron chi connectivity index (χ4n) is 3.45. The number of nitrogens with one attached hydrogen (secondary N) is 1. The summed E-state index contributed by atoms with van der Waals surface area (Å²) < 4.78 is 10.8. The number of hydrogen-bond donors (Lipinski definition) is 1. The lowest BCUT2D eigenvalue weighted by Crippen LogP contribution is -2.51. The molecule has 1 aliphatic rings. The summed E-state index contributed by atoms with van der Waals surface area (Å²) in [4.78, 5) is 31.6. The number of H-pyrrole nitrogens is 1. The molecule has 2 amide bonds. The number of aromatic nitrogens is 1. The molecule has 3 rings (SSSR count). The van der Waals surface area contributed by atoms with Gasteiger partial charge >= 0.3 is 0 Å². The molecule has 0 atom stereocenters. The number of nitrogens with zero attached hydrogens (tertiary/aromatic N) is 2. The van der Waals surface area contributed by atoms with Crippen LogP contribution in [0.15, 0.2) is 30.6 Å². The van der Waals surface area contributed by atoms with Gasteiger partial charge in [0.25, 0.3) is 5.91 Å². The first-order valence-corrected chi connectivity index (χ1v) is 8.95. The predicted molar refractivity (Wildman–Crippen MR) is 101 cm³/mol. The molecule has 7 nitrogen and oxygen atoms in total. The van der Waals surface area contributed by atoms with Crippen molar-refractivity contribution in [3.8, 4) is 11.5 Å². The van der Waals surface area contributed by atoms with Gasteiger partial charge in [0.15, 0.2) is 0 Å². The summed E-state index contributed by atoms with van der Waals surface area (Å²) in [5, 5.41) is 0. The molecule has 0 radical (unpaired) electrons. The molecule has 2 heterocycles. The molecule has 1 aromatic carbocycles. The molecule has 144 valence electrons. The van der Waals surface area contributed by atoms with Crippen molar-refractivity contribution in [2.24, 2.45) is 0 Å². The summed E-state index contributed by atoms with van der Waals surface area (Å²) >= 11 is 0. The van der Waals surface area contributed by atoms with Crippen LogP contribution in [0.2, 0.25) is 0 Å². The van der Waals surface area contributed by atoms with Crippen molar-refractivity contribution >= 4 is 11.8 Å². The number of carbonyl (C=O) groups excluding carboxylic acids is 2. The van der Waals surface area contributed by atoms with Crippen LogP contribution in [0.1, 0.15) is 21.5 Å². The van der Waals surface area contributed by atoms with Gasteiger partial charge in [-0.2, -0.15) is 0 Å². The standard InChI is InChI=1S/C20H25N3O4/c1-14-17(26-2)5-4-15(19(14)27-3)12-18(24)22-8-10-23(11-9-22)20(25)16-6-7-21-13-16/h4-7,13,21H,8-12H2,1-3H3. The third-order valence-corrected chi connectivity index (χ3v) is 4.97. The highest BCUT2D eigenvalue weighted by atomic mass is 16.5. The maximum atomic E-state index is 12.7. The molecule has 1 aromatic heterocycles. The summed E-state index contributed by atoms with van der Waals surface area (Å²) in [5.74, 6) is 1.45. The molecule has 0 bridgehead atoms. The summed E-state index contributed by atoms with van der Waals surface area (Å²) in [7, 11) is 3.21. The smallest absolute Gasteiger partial charge is 0.255 e. The van der Waals surface area contributed by atoms with Crippen molar-refractivity contribution in [1.29, 1.82) is 0 Å². The van der Waals surface area contributed by atoms with Gasteiger partial charge < -0.3 is 24.3 Å². The highest BCUT2D eigenvalue weighted by molar-refractivity contribution is 5.94. The van der Waals surface area contributed by atoms with Crippen molar-refractivity contribution in [3.63, 3.8) is 0 Å². The Morgan fingerprint density at radius 2 is 1.74 bits per heavy atom. The van der Waals surface area contributed by atoms with Gasteiger partial charge in [0.05, 0.1) is 26.2 Å². The fraction of sp³-hybridized carbons (Fsp3) is 0.400. The Morgan fingerprint density at radius 1 is 1.04 bits per heavy atom. The fourth-order valence-corrected chi connectivity index (χ4v) is 3.45. The van der Waals surface area contributed by atoms with Crippen LogP contribution >= 0.6 is 0 Å². The van der Waals surface area contributed by atoms with Gasteiger partial charge in [-0.15, -0.1) is 0 Å². The number of piperazine rings is 1. The van der Waals surface area contributed by atoms with Crippen LogP contribution in [0.25, 0.3) is 0 Å². The first-order valence-electron chi connectivity index (χ1n) is 8.95. The number of benzene rings is 1. The predicted octanol–water partition coefficient (Wildman–Crippen LogP) is 1.87. The first kappa shape index (κ1) is 18.8. The van der Waals surface area contributed by atoms with E-state index in [9.17, 15) is 9.59 Å². The maximum absolute atomic E-state index is 12.7. The number of aromatic amines is 1. The van der Waals surface area contributed by atoms with E-state index in [1.807, 2.05) is 19.1 Å². The molecule has 2 aromatic rings. The third-order valence-electron chi connectivity index (χ3n) is 4.97. The monoisotopic (exact) mass is 371 g/mol. The van der Waals surface area contributed by atoms with E-state index in [0.29, 0.717) is 37.5 Å². The molecule has 0 spiro atoms. The molecule has 1 saturated heterocycles. The average molecular weight is 371 g/mol. The highest BCUT2D eigenvalue weighted by Gasteiger charge is 2.26. The molecular weight excluding hydrogens is 346 g/mol. The topological polar surface area (TPSA) is 74.9 Å². The Morgan fingerprint density at radius 3 is 2.33 bits per heavy atom. The lowest BCUT2D eigenvalue weighted by molar-refractivity contribution is -0.131. The second-order valence-corrected chi connectivity index (χ2v) is 6.53. The Balaban J connectivity index is 1.62. The first-order chi connectivity index (χ1) is 13.0. The largest absolute Gasteiger partial charge is 0.496 e. The van der Waals surface area contributed by atoms with Crippen LogP contribution < -0.4 is 9.47 Å². The molecule has 1 fully saturated rings. The zero-order chi connectivity index (χ0) is 19.4. The van der Waals surface area contributed by atoms with Gasteiger partial charge in [-0.3, -0.25) is 9.59 Å². The molecular formula is C20H25N3O4. The van der Waals surface area contributed by atoms with Crippen molar-refractivity contribution < 1.29 is 19.1 Å². The molecule has 1 aliphatic heterocycles. The molecule has 0 aliphatic carbocycles. The molecule has 0 saturated carbocycles. The molecule has 0 unspecified atom stereocenters. The van der Waals surface area contributed by atoms with E-state index in [1.54, 1.807) is 42.5 Å². The van der Waals surface area contributed by atoms with Crippen LogP contribution in [0, 0.1) is 6.92 Å². The molecule has 1 N–H and O–H groups in total. The molecule has 27 heavy (non-hydrogen) atoms. The molecule has 7 heteroatoms. The number of methoxy groups -OCH3 is 2. The highest BCUT2D eigenvalue weighted by Crippen LogP contribution is 2.31. The summed E-state index contributed by atoms with van der Waals surface area (Å²) in [6.45, 7) is 4.05. The van der Waals surface area contributed by atoms with Gasteiger partial charge in [-0.05, 0) is 19.1 Å². The lowest BCUT2D eigenvalue weighted by atomic mass is 10.0. The summed E-state index contributed by atoms with van der Waals surface area (Å²) in [6.07, 6.45) is 3.69. The summed E-state index contributed by atoms with van der Waals surface area (Å²) in [6, 6.07) is 5.49. The van der Waals surface area contributed by atoms with Gasteiger partial charge in [-0.25, -0.2) is 0 Å². The van der Waals surface area contributed by atoms with Crippen molar-refractivity contribution in [2.45, 2.75) is 13.3 Å². The number of amides is 2. The van der Waals surface area contributed by atoms with Gasteiger partial charge in [-0.1, -0.05) is 6.07 Å². The van der Waals surface area contributed by atoms with Crippen LogP contribution in [0.4, 0.5) is 0 Å². The Labute approximate surface area is 158 Å². The number of rotatable bonds is 5. The Bertz CT molecular complexity index is 809. The minimum atomic E-state index is -0.00389. The number of ether oxygens (including phenoxy) is 2. The second kappa shape index (κ2) is 8.16. The zero-order valence-corrected chi connectivity index (χ0v) is 15.9. The number of hydrogen-bond acceptors (Lipinski definition) is 4. The average Bonchev–Trinajstić information content (AvgIpc) is 3.23. The maximum Gasteiger partial charge on any atom is 0.255 e. The second-order valence-electron chi connectivity index (χ2n) is 6.53. The van der Waals surface area contributed by atoms with E-state index in [1.165, 1.54) is 0 Å². The number of carbonyl (C=O) groups is 2. The van der Waals surface area contributed by atoms with Crippen LogP contribution in [0.3, 0.4) is 0 Å². The quantitative estimate of drug-likeness (QED) is 0.871. The normalized spacial score (nSPS) is 14.2. The van der Waals surface area contributed by atoms with Crippen molar-refractivity contribution in [2.75, 3.05) is 40.4 Å². The van der Waals surface area contributed by atoms with Crippen LogP contribution in [0.5, 0.6) is 11.5 Å². The summed E-state index contributed by atoms with van der Waals surface area (Å²) in [5.41, 5.74) is 2.37. The van der Waals surface area contributed by atoms with E-state index in [2.05, 4.69) is 4.98 Å². The van der Waals surface area contributed by atoms with Crippen LogP contribution in [-0.2, 0) is 11.2 Å². The van der Waals surface area contributed by atoms with Gasteiger partial charge in [0.1, 0.15) is 11.5 Å². The van der Waals surface area contributed by atoms with Crippen molar-refractivity contribution in [3.05, 3.63) is 47.3 Å².